The zero-order valence-electron chi connectivity index (χ0n) is 19.6. The fourth-order valence-electron chi connectivity index (χ4n) is 3.23. The topological polar surface area (TPSA) is 123 Å². The van der Waals surface area contributed by atoms with Crippen LogP contribution in [0.1, 0.15) is 5.56 Å². The summed E-state index contributed by atoms with van der Waals surface area (Å²) in [6, 6.07) is 10.2. The Morgan fingerprint density at radius 3 is 2.55 bits per heavy atom. The number of rotatable bonds is 7. The van der Waals surface area contributed by atoms with Crippen LogP contribution in [0.15, 0.2) is 67.3 Å². The van der Waals surface area contributed by atoms with E-state index < -0.39 is 22.8 Å². The van der Waals surface area contributed by atoms with Crippen LogP contribution >= 0.6 is 11.6 Å². The lowest BCUT2D eigenvalue weighted by Crippen LogP contribution is -2.23. The van der Waals surface area contributed by atoms with Gasteiger partial charge in [-0.1, -0.05) is 17.7 Å². The summed E-state index contributed by atoms with van der Waals surface area (Å²) in [4.78, 5) is 32.2. The van der Waals surface area contributed by atoms with Gasteiger partial charge < -0.3 is 20.7 Å². The van der Waals surface area contributed by atoms with Gasteiger partial charge in [0.25, 0.3) is 0 Å². The van der Waals surface area contributed by atoms with Gasteiger partial charge in [-0.3, -0.25) is 9.48 Å². The summed E-state index contributed by atoms with van der Waals surface area (Å²) < 4.78 is 46.4. The van der Waals surface area contributed by atoms with Crippen molar-refractivity contribution in [1.29, 1.82) is 0 Å². The zero-order chi connectivity index (χ0) is 27.3. The minimum atomic E-state index is -4.66. The SMILES string of the molecule is CNC(=O)Cn1cc(-c2cc(Oc3cccc(NC(=O)Nc4ccc(Cl)c(C(F)(F)F)c4)c3)ncn2)cn1. The number of nitrogens with one attached hydrogen (secondary N) is 3. The Morgan fingerprint density at radius 1 is 1.05 bits per heavy atom. The van der Waals surface area contributed by atoms with Crippen LogP contribution in [-0.2, 0) is 17.5 Å². The molecule has 0 radical (unpaired) electrons. The van der Waals surface area contributed by atoms with Crippen LogP contribution in [0, 0.1) is 0 Å². The summed E-state index contributed by atoms with van der Waals surface area (Å²) in [5.41, 5.74) is 0.320. The fourth-order valence-corrected chi connectivity index (χ4v) is 3.46. The number of halogens is 4. The van der Waals surface area contributed by atoms with Crippen LogP contribution in [0.3, 0.4) is 0 Å². The van der Waals surface area contributed by atoms with Crippen LogP contribution in [0.5, 0.6) is 11.6 Å². The summed E-state index contributed by atoms with van der Waals surface area (Å²) in [6.07, 6.45) is -0.152. The van der Waals surface area contributed by atoms with Crippen LogP contribution in [0.2, 0.25) is 5.02 Å². The molecule has 0 aliphatic heterocycles. The number of anilines is 2. The summed E-state index contributed by atoms with van der Waals surface area (Å²) in [6.45, 7) is 0.0554. The number of amides is 3. The molecule has 4 rings (SSSR count). The summed E-state index contributed by atoms with van der Waals surface area (Å²) in [7, 11) is 1.53. The summed E-state index contributed by atoms with van der Waals surface area (Å²) >= 11 is 5.61. The number of ether oxygens (including phenoxy) is 1. The molecule has 0 spiro atoms. The molecule has 0 saturated carbocycles. The van der Waals surface area contributed by atoms with Gasteiger partial charge in [0.05, 0.1) is 22.5 Å². The Kier molecular flexibility index (Phi) is 7.76. The van der Waals surface area contributed by atoms with E-state index in [9.17, 15) is 22.8 Å². The van der Waals surface area contributed by atoms with Crippen molar-refractivity contribution in [3.63, 3.8) is 0 Å². The first kappa shape index (κ1) is 26.4. The molecule has 196 valence electrons. The maximum Gasteiger partial charge on any atom is 0.417 e. The minimum absolute atomic E-state index is 0.0554. The molecular formula is C24H19ClF3N7O3. The first-order chi connectivity index (χ1) is 18.1. The number of aromatic nitrogens is 4. The maximum absolute atomic E-state index is 13.1. The van der Waals surface area contributed by atoms with Crippen LogP contribution in [0.25, 0.3) is 11.3 Å². The smallest absolute Gasteiger partial charge is 0.417 e. The molecule has 10 nitrogen and oxygen atoms in total. The van der Waals surface area contributed by atoms with Gasteiger partial charge in [-0.05, 0) is 30.3 Å². The molecule has 0 bridgehead atoms. The highest BCUT2D eigenvalue weighted by atomic mass is 35.5. The number of carbonyl (C=O) groups excluding carboxylic acids is 2. The predicted molar refractivity (Wildman–Crippen MR) is 133 cm³/mol. The third kappa shape index (κ3) is 6.76. The van der Waals surface area contributed by atoms with Crippen molar-refractivity contribution in [3.05, 3.63) is 77.8 Å². The maximum atomic E-state index is 13.1. The monoisotopic (exact) mass is 545 g/mol. The van der Waals surface area contributed by atoms with E-state index in [1.54, 1.807) is 36.7 Å². The van der Waals surface area contributed by atoms with Crippen molar-refractivity contribution < 1.29 is 27.5 Å². The van der Waals surface area contributed by atoms with E-state index in [1.807, 2.05) is 0 Å². The highest BCUT2D eigenvalue weighted by Crippen LogP contribution is 2.36. The number of hydrogen-bond donors (Lipinski definition) is 3. The molecule has 2 heterocycles. The van der Waals surface area contributed by atoms with Gasteiger partial charge in [-0.25, -0.2) is 14.8 Å². The molecule has 4 aromatic rings. The molecule has 3 amide bonds. The third-order valence-electron chi connectivity index (χ3n) is 5.00. The molecule has 0 saturated heterocycles. The lowest BCUT2D eigenvalue weighted by atomic mass is 10.2. The van der Waals surface area contributed by atoms with Gasteiger partial charge in [0, 0.05) is 42.3 Å². The van der Waals surface area contributed by atoms with E-state index in [0.717, 1.165) is 12.1 Å². The Morgan fingerprint density at radius 2 is 1.82 bits per heavy atom. The number of nitrogens with zero attached hydrogens (tertiary/aromatic N) is 4. The second-order valence-corrected chi connectivity index (χ2v) is 8.15. The average Bonchev–Trinajstić information content (AvgIpc) is 3.33. The third-order valence-corrected chi connectivity index (χ3v) is 5.33. The molecule has 0 aliphatic carbocycles. The van der Waals surface area contributed by atoms with Crippen molar-refractivity contribution in [2.45, 2.75) is 12.7 Å². The van der Waals surface area contributed by atoms with E-state index in [-0.39, 0.29) is 24.0 Å². The highest BCUT2D eigenvalue weighted by Gasteiger charge is 2.33. The Labute approximate surface area is 218 Å². The van der Waals surface area contributed by atoms with Gasteiger partial charge in [0.15, 0.2) is 0 Å². The lowest BCUT2D eigenvalue weighted by Gasteiger charge is -2.13. The van der Waals surface area contributed by atoms with Gasteiger partial charge in [-0.2, -0.15) is 18.3 Å². The number of hydrogen-bond acceptors (Lipinski definition) is 6. The molecular weight excluding hydrogens is 527 g/mol. The van der Waals surface area contributed by atoms with E-state index in [2.05, 4.69) is 31.0 Å². The number of alkyl halides is 3. The van der Waals surface area contributed by atoms with Gasteiger partial charge in [0.2, 0.25) is 11.8 Å². The standard InChI is InChI=1S/C24H19ClF3N7O3/c1-29-21(36)12-35-11-14(10-32-35)20-9-22(31-13-30-20)38-17-4-2-3-15(7-17)33-23(37)34-16-5-6-19(25)18(8-16)24(26,27)28/h2-11,13H,12H2,1H3,(H,29,36)(H2,33,34,37). The van der Waals surface area contributed by atoms with E-state index in [1.165, 1.54) is 30.2 Å². The van der Waals surface area contributed by atoms with Crippen molar-refractivity contribution in [2.24, 2.45) is 0 Å². The molecule has 0 unspecified atom stereocenters. The fraction of sp³-hybridized carbons (Fsp3) is 0.125. The first-order valence-electron chi connectivity index (χ1n) is 10.9. The molecule has 0 aliphatic rings. The molecule has 3 N–H and O–H groups in total. The quantitative estimate of drug-likeness (QED) is 0.293. The number of likely N-dealkylation sites (N-methyl/N-ethyl adjacent to an activating group) is 1. The van der Waals surface area contributed by atoms with E-state index >= 15 is 0 Å². The molecule has 0 atom stereocenters. The summed E-state index contributed by atoms with van der Waals surface area (Å²) in [5.74, 6) is 0.331. The highest BCUT2D eigenvalue weighted by molar-refractivity contribution is 6.31. The average molecular weight is 546 g/mol. The van der Waals surface area contributed by atoms with E-state index in [0.29, 0.717) is 22.7 Å². The zero-order valence-corrected chi connectivity index (χ0v) is 20.3. The molecule has 38 heavy (non-hydrogen) atoms. The van der Waals surface area contributed by atoms with Crippen molar-refractivity contribution >= 4 is 34.9 Å². The molecule has 0 fully saturated rings. The molecule has 14 heteroatoms. The number of benzene rings is 2. The largest absolute Gasteiger partial charge is 0.439 e. The van der Waals surface area contributed by atoms with Crippen molar-refractivity contribution in [1.82, 2.24) is 25.1 Å². The predicted octanol–water partition coefficient (Wildman–Crippen LogP) is 5.19. The lowest BCUT2D eigenvalue weighted by molar-refractivity contribution is -0.137. The first-order valence-corrected chi connectivity index (χ1v) is 11.3. The summed E-state index contributed by atoms with van der Waals surface area (Å²) in [5, 5.41) is 11.0. The normalized spacial score (nSPS) is 11.1. The number of urea groups is 1. The van der Waals surface area contributed by atoms with Gasteiger partial charge in [-0.15, -0.1) is 0 Å². The second-order valence-electron chi connectivity index (χ2n) is 7.74. The minimum Gasteiger partial charge on any atom is -0.439 e. The van der Waals surface area contributed by atoms with Crippen molar-refractivity contribution in [2.75, 3.05) is 17.7 Å². The Hall–Kier alpha value is -4.65. The van der Waals surface area contributed by atoms with Crippen LogP contribution in [-0.4, -0.2) is 38.7 Å². The van der Waals surface area contributed by atoms with Crippen LogP contribution < -0.4 is 20.7 Å². The number of carbonyl (C=O) groups is 2. The van der Waals surface area contributed by atoms with Gasteiger partial charge in [0.1, 0.15) is 18.6 Å². The van der Waals surface area contributed by atoms with Crippen LogP contribution in [0.4, 0.5) is 29.3 Å². The Bertz CT molecular complexity index is 1480. The molecule has 2 aromatic carbocycles. The van der Waals surface area contributed by atoms with Crippen molar-refractivity contribution in [3.8, 4) is 22.9 Å². The Balaban J connectivity index is 1.42. The second kappa shape index (κ2) is 11.2. The van der Waals surface area contributed by atoms with E-state index in [4.69, 9.17) is 16.3 Å². The molecule has 2 aromatic heterocycles. The van der Waals surface area contributed by atoms with Gasteiger partial charge >= 0.3 is 12.2 Å².